The van der Waals surface area contributed by atoms with Gasteiger partial charge in [-0.25, -0.2) is 0 Å². The summed E-state index contributed by atoms with van der Waals surface area (Å²) < 4.78 is 16.9. The van der Waals surface area contributed by atoms with E-state index in [1.807, 2.05) is 20.8 Å². The van der Waals surface area contributed by atoms with Crippen LogP contribution >= 0.6 is 12.2 Å². The minimum absolute atomic E-state index is 0.0206. The Kier molecular flexibility index (Phi) is 9.08. The van der Waals surface area contributed by atoms with E-state index in [0.717, 1.165) is 0 Å². The maximum atomic E-state index is 12.7. The van der Waals surface area contributed by atoms with Crippen molar-refractivity contribution < 1.29 is 23.8 Å². The lowest BCUT2D eigenvalue weighted by molar-refractivity contribution is 0.0942. The third kappa shape index (κ3) is 6.85. The lowest BCUT2D eigenvalue weighted by Crippen LogP contribution is -2.43. The van der Waals surface area contributed by atoms with Crippen LogP contribution in [0.1, 0.15) is 48.4 Å². The number of hydrazine groups is 1. The van der Waals surface area contributed by atoms with Crippen LogP contribution in [0.15, 0.2) is 36.4 Å². The van der Waals surface area contributed by atoms with Gasteiger partial charge in [-0.1, -0.05) is 0 Å². The summed E-state index contributed by atoms with van der Waals surface area (Å²) in [5, 5.41) is 3.11. The average molecular weight is 446 g/mol. The number of benzene rings is 2. The Labute approximate surface area is 187 Å². The van der Waals surface area contributed by atoms with Crippen molar-refractivity contribution in [1.29, 1.82) is 0 Å². The molecule has 0 unspecified atom stereocenters. The van der Waals surface area contributed by atoms with Crippen molar-refractivity contribution in [2.45, 2.75) is 27.7 Å². The molecule has 0 fully saturated rings. The van der Waals surface area contributed by atoms with Crippen molar-refractivity contribution >= 4 is 34.7 Å². The first-order chi connectivity index (χ1) is 14.9. The quantitative estimate of drug-likeness (QED) is 0.305. The van der Waals surface area contributed by atoms with Gasteiger partial charge >= 0.3 is 0 Å². The molecule has 0 saturated heterocycles. The van der Waals surface area contributed by atoms with Gasteiger partial charge in [0.05, 0.1) is 19.8 Å². The fourth-order valence-electron chi connectivity index (χ4n) is 2.66. The topological polar surface area (TPSA) is 97.9 Å². The third-order valence-electron chi connectivity index (χ3n) is 4.01. The van der Waals surface area contributed by atoms with E-state index in [2.05, 4.69) is 16.2 Å². The monoisotopic (exact) mass is 445 g/mol. The van der Waals surface area contributed by atoms with Crippen LogP contribution in [0.25, 0.3) is 0 Å². The molecule has 0 saturated carbocycles. The van der Waals surface area contributed by atoms with Crippen molar-refractivity contribution in [2.24, 2.45) is 0 Å². The molecular weight excluding hydrogens is 418 g/mol. The summed E-state index contributed by atoms with van der Waals surface area (Å²) in [4.78, 5) is 24.0. The molecule has 0 aliphatic rings. The first-order valence-electron chi connectivity index (χ1n) is 9.94. The summed E-state index contributed by atoms with van der Waals surface area (Å²) in [5.41, 5.74) is 6.78. The molecule has 0 spiro atoms. The minimum Gasteiger partial charge on any atom is -0.490 e. The molecule has 0 heterocycles. The summed E-state index contributed by atoms with van der Waals surface area (Å²) in [6.07, 6.45) is 0. The van der Waals surface area contributed by atoms with Gasteiger partial charge in [0.1, 0.15) is 0 Å². The SMILES string of the molecule is CCOc1cc(C(=O)NNC(=S)Nc2ccc(C(C)=O)cc2)cc(OCC)c1OCC. The lowest BCUT2D eigenvalue weighted by Gasteiger charge is -2.17. The van der Waals surface area contributed by atoms with Gasteiger partial charge < -0.3 is 19.5 Å². The van der Waals surface area contributed by atoms with Crippen LogP contribution in [0.2, 0.25) is 0 Å². The first-order valence-corrected chi connectivity index (χ1v) is 10.3. The van der Waals surface area contributed by atoms with Crippen LogP contribution in [0.5, 0.6) is 17.2 Å². The Morgan fingerprint density at radius 2 is 1.39 bits per heavy atom. The third-order valence-corrected chi connectivity index (χ3v) is 4.21. The van der Waals surface area contributed by atoms with Crippen molar-refractivity contribution in [3.05, 3.63) is 47.5 Å². The number of carbonyl (C=O) groups excluding carboxylic acids is 2. The maximum Gasteiger partial charge on any atom is 0.269 e. The second-order valence-corrected chi connectivity index (χ2v) is 6.68. The molecule has 2 aromatic carbocycles. The minimum atomic E-state index is -0.430. The van der Waals surface area contributed by atoms with E-state index >= 15 is 0 Å². The van der Waals surface area contributed by atoms with Gasteiger partial charge in [-0.05, 0) is 76.3 Å². The highest BCUT2D eigenvalue weighted by molar-refractivity contribution is 7.80. The summed E-state index contributed by atoms with van der Waals surface area (Å²) in [6.45, 7) is 8.29. The number of amides is 1. The number of anilines is 1. The number of Topliss-reactive ketones (excluding diaryl/α,β-unsaturated/α-hetero) is 1. The van der Waals surface area contributed by atoms with E-state index in [0.29, 0.717) is 53.9 Å². The van der Waals surface area contributed by atoms with Gasteiger partial charge in [-0.15, -0.1) is 0 Å². The first kappa shape index (κ1) is 23.9. The zero-order valence-electron chi connectivity index (χ0n) is 18.0. The van der Waals surface area contributed by atoms with Gasteiger partial charge in [0.15, 0.2) is 22.4 Å². The second-order valence-electron chi connectivity index (χ2n) is 6.27. The predicted molar refractivity (Wildman–Crippen MR) is 123 cm³/mol. The highest BCUT2D eigenvalue weighted by Gasteiger charge is 2.18. The number of ether oxygens (including phenoxy) is 3. The number of hydrogen-bond acceptors (Lipinski definition) is 6. The summed E-state index contributed by atoms with van der Waals surface area (Å²) in [6, 6.07) is 10.0. The van der Waals surface area contributed by atoms with Gasteiger partial charge in [0.2, 0.25) is 5.75 Å². The van der Waals surface area contributed by atoms with Crippen LogP contribution in [0.4, 0.5) is 5.69 Å². The van der Waals surface area contributed by atoms with Gasteiger partial charge in [-0.2, -0.15) is 0 Å². The van der Waals surface area contributed by atoms with Crippen molar-refractivity contribution in [3.8, 4) is 17.2 Å². The molecule has 9 heteroatoms. The molecule has 31 heavy (non-hydrogen) atoms. The number of rotatable bonds is 9. The van der Waals surface area contributed by atoms with Gasteiger partial charge in [0, 0.05) is 16.8 Å². The number of hydrogen-bond donors (Lipinski definition) is 3. The van der Waals surface area contributed by atoms with Gasteiger partial charge in [0.25, 0.3) is 5.91 Å². The van der Waals surface area contributed by atoms with Crippen LogP contribution in [0.3, 0.4) is 0 Å². The molecule has 0 aliphatic carbocycles. The molecule has 0 aromatic heterocycles. The Morgan fingerprint density at radius 1 is 0.839 bits per heavy atom. The molecule has 8 nitrogen and oxygen atoms in total. The molecule has 0 atom stereocenters. The zero-order valence-corrected chi connectivity index (χ0v) is 18.9. The average Bonchev–Trinajstić information content (AvgIpc) is 2.74. The molecule has 3 N–H and O–H groups in total. The second kappa shape index (κ2) is 11.8. The molecule has 0 bridgehead atoms. The zero-order chi connectivity index (χ0) is 22.8. The molecule has 0 aliphatic heterocycles. The van der Waals surface area contributed by atoms with E-state index in [-0.39, 0.29) is 10.9 Å². The van der Waals surface area contributed by atoms with E-state index in [1.54, 1.807) is 36.4 Å². The Bertz CT molecular complexity index is 904. The Hall–Kier alpha value is -3.33. The van der Waals surface area contributed by atoms with Crippen molar-refractivity contribution in [3.63, 3.8) is 0 Å². The highest BCUT2D eigenvalue weighted by Crippen LogP contribution is 2.39. The van der Waals surface area contributed by atoms with E-state index in [9.17, 15) is 9.59 Å². The fourth-order valence-corrected chi connectivity index (χ4v) is 2.82. The highest BCUT2D eigenvalue weighted by atomic mass is 32.1. The summed E-state index contributed by atoms with van der Waals surface area (Å²) >= 11 is 5.21. The molecule has 2 aromatic rings. The normalized spacial score (nSPS) is 10.1. The van der Waals surface area contributed by atoms with Crippen molar-refractivity contribution in [2.75, 3.05) is 25.1 Å². The van der Waals surface area contributed by atoms with E-state index < -0.39 is 5.91 Å². The van der Waals surface area contributed by atoms with E-state index in [1.165, 1.54) is 6.92 Å². The number of nitrogens with one attached hydrogen (secondary N) is 3. The van der Waals surface area contributed by atoms with Crippen LogP contribution in [-0.2, 0) is 0 Å². The maximum absolute atomic E-state index is 12.7. The molecule has 166 valence electrons. The number of ketones is 1. The lowest BCUT2D eigenvalue weighted by atomic mass is 10.1. The number of carbonyl (C=O) groups is 2. The molecule has 0 radical (unpaired) electrons. The molecular formula is C22H27N3O5S. The smallest absolute Gasteiger partial charge is 0.269 e. The Balaban J connectivity index is 2.07. The van der Waals surface area contributed by atoms with Gasteiger partial charge in [-0.3, -0.25) is 20.4 Å². The Morgan fingerprint density at radius 3 is 1.87 bits per heavy atom. The molecule has 2 rings (SSSR count). The van der Waals surface area contributed by atoms with Crippen LogP contribution in [-0.4, -0.2) is 36.6 Å². The van der Waals surface area contributed by atoms with Crippen LogP contribution in [0, 0.1) is 0 Å². The van der Waals surface area contributed by atoms with E-state index in [4.69, 9.17) is 26.4 Å². The number of thiocarbonyl (C=S) groups is 1. The predicted octanol–water partition coefficient (Wildman–Crippen LogP) is 3.72. The van der Waals surface area contributed by atoms with Crippen LogP contribution < -0.4 is 30.4 Å². The summed E-state index contributed by atoms with van der Waals surface area (Å²) in [5.74, 6) is 0.856. The standard InChI is InChI=1S/C22H27N3O5S/c1-5-28-18-12-16(13-19(29-6-2)20(18)30-7-3)21(27)24-25-22(31)23-17-10-8-15(9-11-17)14(4)26/h8-13H,5-7H2,1-4H3,(H,24,27)(H2,23,25,31). The fraction of sp³-hybridized carbons (Fsp3) is 0.318. The molecule has 1 amide bonds. The van der Waals surface area contributed by atoms with Crippen molar-refractivity contribution in [1.82, 2.24) is 10.9 Å². The largest absolute Gasteiger partial charge is 0.490 e. The summed E-state index contributed by atoms with van der Waals surface area (Å²) in [7, 11) is 0.